The summed E-state index contributed by atoms with van der Waals surface area (Å²) >= 11 is 0. The first-order chi connectivity index (χ1) is 13.3. The van der Waals surface area contributed by atoms with Gasteiger partial charge in [0.1, 0.15) is 11.5 Å². The van der Waals surface area contributed by atoms with Crippen LogP contribution in [0.1, 0.15) is 22.3 Å². The minimum absolute atomic E-state index is 0.229. The van der Waals surface area contributed by atoms with Crippen LogP contribution in [0.15, 0.2) is 78.9 Å². The number of aryl methyl sites for hydroxylation is 1. The van der Waals surface area contributed by atoms with Crippen molar-refractivity contribution in [3.05, 3.63) is 90.0 Å². The number of carbonyl (C=O) groups excluding carboxylic acids is 1. The lowest BCUT2D eigenvalue weighted by atomic mass is 10.1. The smallest absolute Gasteiger partial charge is 0.259 e. The number of carbonyl (C=O) groups is 1. The van der Waals surface area contributed by atoms with E-state index >= 15 is 0 Å². The van der Waals surface area contributed by atoms with Crippen molar-refractivity contribution in [2.45, 2.75) is 12.8 Å². The fraction of sp³-hybridized carbons (Fsp3) is 0.174. The molecule has 3 aromatic rings. The van der Waals surface area contributed by atoms with Crippen LogP contribution >= 0.6 is 0 Å². The predicted molar refractivity (Wildman–Crippen MR) is 108 cm³/mol. The molecular formula is C23H23NO3. The normalized spacial score (nSPS) is 10.3. The second kappa shape index (κ2) is 9.43. The Morgan fingerprint density at radius 2 is 1.52 bits per heavy atom. The molecule has 0 aliphatic rings. The van der Waals surface area contributed by atoms with Crippen molar-refractivity contribution < 1.29 is 14.3 Å². The molecule has 0 aliphatic carbocycles. The van der Waals surface area contributed by atoms with Crippen molar-refractivity contribution >= 4 is 11.6 Å². The van der Waals surface area contributed by atoms with Crippen molar-refractivity contribution in [2.75, 3.05) is 19.0 Å². The standard InChI is InChI=1S/C23H23NO3/c1-26-21-15-7-5-13-19(21)23(25)24-20-14-6-8-16-22(20)27-17-9-12-18-10-3-2-4-11-18/h2-8,10-11,13-16H,9,12,17H2,1H3,(H,24,25). The molecule has 0 bridgehead atoms. The second-order valence-electron chi connectivity index (χ2n) is 6.09. The van der Waals surface area contributed by atoms with Gasteiger partial charge in [0, 0.05) is 0 Å². The number of rotatable bonds is 8. The first kappa shape index (κ1) is 18.5. The van der Waals surface area contributed by atoms with Crippen LogP contribution in [-0.2, 0) is 6.42 Å². The molecule has 3 rings (SSSR count). The largest absolute Gasteiger partial charge is 0.496 e. The van der Waals surface area contributed by atoms with Crippen molar-refractivity contribution in [3.8, 4) is 11.5 Å². The molecule has 1 amide bonds. The van der Waals surface area contributed by atoms with Crippen molar-refractivity contribution in [1.29, 1.82) is 0 Å². The van der Waals surface area contributed by atoms with Gasteiger partial charge < -0.3 is 14.8 Å². The SMILES string of the molecule is COc1ccccc1C(=O)Nc1ccccc1OCCCc1ccccc1. The van der Waals surface area contributed by atoms with Gasteiger partial charge in [0.25, 0.3) is 5.91 Å². The van der Waals surface area contributed by atoms with Crippen molar-refractivity contribution in [3.63, 3.8) is 0 Å². The van der Waals surface area contributed by atoms with Crippen LogP contribution in [0.2, 0.25) is 0 Å². The quantitative estimate of drug-likeness (QED) is 0.577. The molecule has 4 nitrogen and oxygen atoms in total. The van der Waals surface area contributed by atoms with Crippen LogP contribution < -0.4 is 14.8 Å². The lowest BCUT2D eigenvalue weighted by molar-refractivity contribution is 0.102. The molecular weight excluding hydrogens is 338 g/mol. The Morgan fingerprint density at radius 3 is 2.30 bits per heavy atom. The summed E-state index contributed by atoms with van der Waals surface area (Å²) in [4.78, 5) is 12.6. The van der Waals surface area contributed by atoms with Crippen LogP contribution in [0.5, 0.6) is 11.5 Å². The molecule has 4 heteroatoms. The maximum Gasteiger partial charge on any atom is 0.259 e. The molecule has 0 aliphatic heterocycles. The molecule has 1 N–H and O–H groups in total. The fourth-order valence-electron chi connectivity index (χ4n) is 2.82. The van der Waals surface area contributed by atoms with Gasteiger partial charge in [-0.1, -0.05) is 54.6 Å². The van der Waals surface area contributed by atoms with E-state index < -0.39 is 0 Å². The molecule has 0 aromatic heterocycles. The van der Waals surface area contributed by atoms with Crippen LogP contribution in [0.4, 0.5) is 5.69 Å². The highest BCUT2D eigenvalue weighted by Crippen LogP contribution is 2.26. The number of anilines is 1. The van der Waals surface area contributed by atoms with Gasteiger partial charge in [-0.2, -0.15) is 0 Å². The summed E-state index contributed by atoms with van der Waals surface area (Å²) in [5, 5.41) is 2.92. The van der Waals surface area contributed by atoms with E-state index in [4.69, 9.17) is 9.47 Å². The summed E-state index contributed by atoms with van der Waals surface area (Å²) in [5.41, 5.74) is 2.42. The molecule has 3 aromatic carbocycles. The topological polar surface area (TPSA) is 47.6 Å². The summed E-state index contributed by atoms with van der Waals surface area (Å²) in [6.07, 6.45) is 1.86. The van der Waals surface area contributed by atoms with Crippen molar-refractivity contribution in [2.24, 2.45) is 0 Å². The van der Waals surface area contributed by atoms with Gasteiger partial charge in [-0.05, 0) is 42.7 Å². The minimum Gasteiger partial charge on any atom is -0.496 e. The van der Waals surface area contributed by atoms with E-state index in [0.29, 0.717) is 29.4 Å². The van der Waals surface area contributed by atoms with Gasteiger partial charge >= 0.3 is 0 Å². The average molecular weight is 361 g/mol. The Morgan fingerprint density at radius 1 is 0.852 bits per heavy atom. The lowest BCUT2D eigenvalue weighted by Gasteiger charge is -2.13. The zero-order valence-electron chi connectivity index (χ0n) is 15.4. The van der Waals surface area contributed by atoms with E-state index in [1.165, 1.54) is 5.56 Å². The first-order valence-corrected chi connectivity index (χ1v) is 8.98. The van der Waals surface area contributed by atoms with Crippen LogP contribution in [0, 0.1) is 0 Å². The molecule has 0 saturated heterocycles. The summed E-state index contributed by atoms with van der Waals surface area (Å²) in [6.45, 7) is 0.580. The van der Waals surface area contributed by atoms with E-state index in [-0.39, 0.29) is 5.91 Å². The molecule has 27 heavy (non-hydrogen) atoms. The average Bonchev–Trinajstić information content (AvgIpc) is 2.73. The summed E-state index contributed by atoms with van der Waals surface area (Å²) in [6, 6.07) is 24.9. The molecule has 0 radical (unpaired) electrons. The third-order valence-corrected chi connectivity index (χ3v) is 4.20. The van der Waals surface area contributed by atoms with Gasteiger partial charge in [0.2, 0.25) is 0 Å². The zero-order chi connectivity index (χ0) is 18.9. The molecule has 0 unspecified atom stereocenters. The third kappa shape index (κ3) is 5.11. The Hall–Kier alpha value is -3.27. The first-order valence-electron chi connectivity index (χ1n) is 8.98. The van der Waals surface area contributed by atoms with Crippen LogP contribution in [0.25, 0.3) is 0 Å². The monoisotopic (exact) mass is 361 g/mol. The van der Waals surface area contributed by atoms with E-state index in [0.717, 1.165) is 12.8 Å². The maximum atomic E-state index is 12.6. The summed E-state index contributed by atoms with van der Waals surface area (Å²) in [7, 11) is 1.55. The van der Waals surface area contributed by atoms with E-state index in [2.05, 4.69) is 17.4 Å². The second-order valence-corrected chi connectivity index (χ2v) is 6.09. The molecule has 0 fully saturated rings. The lowest BCUT2D eigenvalue weighted by Crippen LogP contribution is -2.14. The highest BCUT2D eigenvalue weighted by molar-refractivity contribution is 6.06. The van der Waals surface area contributed by atoms with Gasteiger partial charge in [0.05, 0.1) is 25.0 Å². The number of ether oxygens (including phenoxy) is 2. The molecule has 0 atom stereocenters. The molecule has 138 valence electrons. The van der Waals surface area contributed by atoms with Gasteiger partial charge in [0.15, 0.2) is 0 Å². The van der Waals surface area contributed by atoms with E-state index in [1.54, 1.807) is 19.2 Å². The number of benzene rings is 3. The number of nitrogens with one attached hydrogen (secondary N) is 1. The summed E-state index contributed by atoms with van der Waals surface area (Å²) in [5.74, 6) is 0.970. The number of hydrogen-bond donors (Lipinski definition) is 1. The van der Waals surface area contributed by atoms with Gasteiger partial charge in [-0.3, -0.25) is 4.79 Å². The van der Waals surface area contributed by atoms with E-state index in [1.807, 2.05) is 54.6 Å². The van der Waals surface area contributed by atoms with Gasteiger partial charge in [-0.15, -0.1) is 0 Å². The number of amides is 1. The molecule has 0 saturated carbocycles. The van der Waals surface area contributed by atoms with Gasteiger partial charge in [-0.25, -0.2) is 0 Å². The number of hydrogen-bond acceptors (Lipinski definition) is 3. The van der Waals surface area contributed by atoms with Crippen LogP contribution in [-0.4, -0.2) is 19.6 Å². The summed E-state index contributed by atoms with van der Waals surface area (Å²) < 4.78 is 11.2. The molecule has 0 heterocycles. The minimum atomic E-state index is -0.229. The Bertz CT molecular complexity index is 878. The number of methoxy groups -OCH3 is 1. The van der Waals surface area contributed by atoms with Crippen LogP contribution in [0.3, 0.4) is 0 Å². The molecule has 0 spiro atoms. The Labute approximate surface area is 159 Å². The maximum absolute atomic E-state index is 12.6. The zero-order valence-corrected chi connectivity index (χ0v) is 15.4. The van der Waals surface area contributed by atoms with E-state index in [9.17, 15) is 4.79 Å². The predicted octanol–water partition coefficient (Wildman–Crippen LogP) is 4.96. The Balaban J connectivity index is 1.61. The third-order valence-electron chi connectivity index (χ3n) is 4.20. The van der Waals surface area contributed by atoms with Crippen molar-refractivity contribution in [1.82, 2.24) is 0 Å². The fourth-order valence-corrected chi connectivity index (χ4v) is 2.82. The Kier molecular flexibility index (Phi) is 6.47. The highest BCUT2D eigenvalue weighted by Gasteiger charge is 2.13. The number of para-hydroxylation sites is 3. The highest BCUT2D eigenvalue weighted by atomic mass is 16.5.